The molecule has 0 fully saturated rings. The van der Waals surface area contributed by atoms with E-state index in [9.17, 15) is 4.57 Å². The van der Waals surface area contributed by atoms with E-state index in [1.54, 1.807) is 0 Å². The van der Waals surface area contributed by atoms with E-state index >= 15 is 0 Å². The molecule has 2 aromatic carbocycles. The third-order valence-corrected chi connectivity index (χ3v) is 9.16. The van der Waals surface area contributed by atoms with Crippen molar-refractivity contribution in [3.63, 3.8) is 0 Å². The van der Waals surface area contributed by atoms with E-state index in [0.717, 1.165) is 33.6 Å². The summed E-state index contributed by atoms with van der Waals surface area (Å²) in [4.78, 5) is 4.82. The van der Waals surface area contributed by atoms with Gasteiger partial charge in [0.1, 0.15) is 6.34 Å². The summed E-state index contributed by atoms with van der Waals surface area (Å²) in [6.45, 7) is 16.5. The molecule has 0 saturated carbocycles. The third kappa shape index (κ3) is 4.19. The van der Waals surface area contributed by atoms with Crippen molar-refractivity contribution in [3.05, 3.63) is 58.7 Å². The average Bonchev–Trinajstić information content (AvgIpc) is 2.58. The fraction of sp³-hybridized carbons (Fsp3) is 0.435. The monoisotopic (exact) mass is 384 g/mol. The van der Waals surface area contributed by atoms with Gasteiger partial charge >= 0.3 is 0 Å². The van der Waals surface area contributed by atoms with E-state index in [1.165, 1.54) is 0 Å². The predicted octanol–water partition coefficient (Wildman–Crippen LogP) is 7.18. The lowest BCUT2D eigenvalue weighted by Crippen LogP contribution is -2.28. The van der Waals surface area contributed by atoms with Gasteiger partial charge < -0.3 is 0 Å². The molecule has 0 aliphatic rings. The number of nitrogens with zero attached hydrogens (tertiary/aromatic N) is 2. The van der Waals surface area contributed by atoms with Gasteiger partial charge in [-0.15, -0.1) is 0 Å². The maximum absolute atomic E-state index is 14.2. The van der Waals surface area contributed by atoms with Gasteiger partial charge in [-0.3, -0.25) is 9.24 Å². The second-order valence-corrected chi connectivity index (χ2v) is 11.8. The second-order valence-electron chi connectivity index (χ2n) is 7.93. The number of hydrogen-bond donors (Lipinski definition) is 0. The van der Waals surface area contributed by atoms with E-state index in [1.807, 2.05) is 50.8 Å². The smallest absolute Gasteiger partial charge is 0.182 e. The molecule has 2 rings (SSSR count). The van der Waals surface area contributed by atoms with Crippen molar-refractivity contribution in [3.8, 4) is 0 Å². The van der Waals surface area contributed by atoms with E-state index in [2.05, 4.69) is 52.0 Å². The fourth-order valence-electron chi connectivity index (χ4n) is 3.68. The molecule has 0 atom stereocenters. The van der Waals surface area contributed by atoms with Crippen LogP contribution in [0.25, 0.3) is 0 Å². The first-order chi connectivity index (χ1) is 12.6. The Balaban J connectivity index is 2.71. The summed E-state index contributed by atoms with van der Waals surface area (Å²) in [5.41, 5.74) is 6.50. The Hall–Kier alpha value is -1.86. The van der Waals surface area contributed by atoms with Gasteiger partial charge in [0.05, 0.1) is 11.4 Å². The molecule has 0 aliphatic carbocycles. The summed E-state index contributed by atoms with van der Waals surface area (Å²) in [6.07, 6.45) is 1.81. The number of para-hydroxylation sites is 2. The second kappa shape index (κ2) is 8.44. The van der Waals surface area contributed by atoms with Crippen molar-refractivity contribution in [2.75, 3.05) is 4.67 Å². The lowest BCUT2D eigenvalue weighted by atomic mass is 10.1. The summed E-state index contributed by atoms with van der Waals surface area (Å²) in [5, 5.41) is 0. The van der Waals surface area contributed by atoms with Gasteiger partial charge in [0.15, 0.2) is 7.29 Å². The molecule has 146 valence electrons. The van der Waals surface area contributed by atoms with Crippen LogP contribution in [0.2, 0.25) is 0 Å². The Morgan fingerprint density at radius 3 is 1.63 bits per heavy atom. The number of rotatable bonds is 6. The lowest BCUT2D eigenvalue weighted by Gasteiger charge is -2.37. The van der Waals surface area contributed by atoms with E-state index in [4.69, 9.17) is 4.99 Å². The van der Waals surface area contributed by atoms with Crippen LogP contribution in [0.1, 0.15) is 49.9 Å². The minimum Gasteiger partial charge on any atom is -0.299 e. The molecule has 0 spiro atoms. The van der Waals surface area contributed by atoms with Crippen LogP contribution in [0.15, 0.2) is 41.4 Å². The minimum atomic E-state index is -2.73. The van der Waals surface area contributed by atoms with Crippen LogP contribution >= 0.6 is 7.29 Å². The van der Waals surface area contributed by atoms with Crippen LogP contribution in [0.3, 0.4) is 0 Å². The fourth-order valence-corrected chi connectivity index (χ4v) is 6.71. The maximum Gasteiger partial charge on any atom is 0.182 e. The average molecular weight is 385 g/mol. The first-order valence-electron chi connectivity index (χ1n) is 9.66. The van der Waals surface area contributed by atoms with Gasteiger partial charge in [0.25, 0.3) is 0 Å². The summed E-state index contributed by atoms with van der Waals surface area (Å²) in [6, 6.07) is 12.4. The van der Waals surface area contributed by atoms with Gasteiger partial charge in [0.2, 0.25) is 0 Å². The van der Waals surface area contributed by atoms with Crippen LogP contribution in [0.4, 0.5) is 11.4 Å². The van der Waals surface area contributed by atoms with Crippen LogP contribution in [-0.2, 0) is 4.57 Å². The summed E-state index contributed by atoms with van der Waals surface area (Å²) in [7, 11) is -2.73. The van der Waals surface area contributed by atoms with Crippen molar-refractivity contribution >= 4 is 25.0 Å². The molecular formula is C23H33N2OP. The van der Waals surface area contributed by atoms with Gasteiger partial charge in [-0.1, -0.05) is 64.1 Å². The molecule has 3 nitrogen and oxygen atoms in total. The molecule has 0 bridgehead atoms. The van der Waals surface area contributed by atoms with Crippen molar-refractivity contribution in [1.82, 2.24) is 0 Å². The number of aryl methyl sites for hydroxylation is 4. The van der Waals surface area contributed by atoms with Gasteiger partial charge in [-0.25, -0.2) is 4.99 Å². The quantitative estimate of drug-likeness (QED) is 0.300. The number of anilines is 1. The van der Waals surface area contributed by atoms with Crippen LogP contribution in [0, 0.1) is 27.7 Å². The van der Waals surface area contributed by atoms with Crippen molar-refractivity contribution in [2.24, 2.45) is 4.99 Å². The Bertz CT molecular complexity index is 831. The summed E-state index contributed by atoms with van der Waals surface area (Å²) in [5.74, 6) is 0. The van der Waals surface area contributed by atoms with E-state index < -0.39 is 7.29 Å². The van der Waals surface area contributed by atoms with Gasteiger partial charge in [0, 0.05) is 11.3 Å². The largest absolute Gasteiger partial charge is 0.299 e. The van der Waals surface area contributed by atoms with Crippen molar-refractivity contribution in [1.29, 1.82) is 0 Å². The molecule has 0 amide bonds. The van der Waals surface area contributed by atoms with Crippen molar-refractivity contribution < 1.29 is 4.57 Å². The number of aliphatic imine (C=N–C) groups is 1. The number of benzene rings is 2. The zero-order valence-corrected chi connectivity index (χ0v) is 18.8. The molecule has 0 heterocycles. The zero-order valence-electron chi connectivity index (χ0n) is 17.9. The Kier molecular flexibility index (Phi) is 6.70. The highest BCUT2D eigenvalue weighted by atomic mass is 31.2. The van der Waals surface area contributed by atoms with Crippen LogP contribution < -0.4 is 4.67 Å². The molecule has 0 aliphatic heterocycles. The Labute approximate surface area is 165 Å². The standard InChI is InChI=1S/C23H33N2OP/c1-16(2)27(26,17(3)4)25(23-20(7)13-10-14-21(23)8)15-24-22-18(5)11-9-12-19(22)6/h9-17H,1-8H3/b24-15+. The molecule has 27 heavy (non-hydrogen) atoms. The van der Waals surface area contributed by atoms with E-state index in [0.29, 0.717) is 0 Å². The first kappa shape index (κ1) is 21.4. The highest BCUT2D eigenvalue weighted by Gasteiger charge is 2.38. The molecule has 0 radical (unpaired) electrons. The summed E-state index contributed by atoms with van der Waals surface area (Å²) >= 11 is 0. The van der Waals surface area contributed by atoms with Gasteiger partial charge in [-0.05, 0) is 49.9 Å². The first-order valence-corrected chi connectivity index (χ1v) is 11.5. The minimum absolute atomic E-state index is 0.0286. The van der Waals surface area contributed by atoms with Crippen LogP contribution in [0.5, 0.6) is 0 Å². The zero-order chi connectivity index (χ0) is 20.4. The topological polar surface area (TPSA) is 32.7 Å². The third-order valence-electron chi connectivity index (χ3n) is 5.22. The van der Waals surface area contributed by atoms with Crippen molar-refractivity contribution in [2.45, 2.75) is 66.7 Å². The normalized spacial score (nSPS) is 12.4. The summed E-state index contributed by atoms with van der Waals surface area (Å²) < 4.78 is 16.2. The Morgan fingerprint density at radius 2 is 1.22 bits per heavy atom. The Morgan fingerprint density at radius 1 is 0.815 bits per heavy atom. The molecule has 0 unspecified atom stereocenters. The molecular weight excluding hydrogens is 351 g/mol. The maximum atomic E-state index is 14.2. The predicted molar refractivity (Wildman–Crippen MR) is 120 cm³/mol. The SMILES string of the molecule is Cc1cccc(C)c1/N=C/N(c1c(C)cccc1C)P(=O)(C(C)C)C(C)C. The lowest BCUT2D eigenvalue weighted by molar-refractivity contribution is 0.562. The highest BCUT2D eigenvalue weighted by Crippen LogP contribution is 2.60. The number of hydrogen-bond acceptors (Lipinski definition) is 2. The molecule has 0 saturated heterocycles. The van der Waals surface area contributed by atoms with Crippen LogP contribution in [-0.4, -0.2) is 17.7 Å². The van der Waals surface area contributed by atoms with Gasteiger partial charge in [-0.2, -0.15) is 0 Å². The molecule has 2 aromatic rings. The van der Waals surface area contributed by atoms with E-state index in [-0.39, 0.29) is 11.3 Å². The molecule has 4 heteroatoms. The molecule has 0 aromatic heterocycles. The molecule has 0 N–H and O–H groups in total. The highest BCUT2D eigenvalue weighted by molar-refractivity contribution is 7.67.